The van der Waals surface area contributed by atoms with Gasteiger partial charge < -0.3 is 5.32 Å². The number of fused-ring (bicyclic) bond motifs is 1. The zero-order chi connectivity index (χ0) is 13.1. The molecule has 2 aromatic rings. The van der Waals surface area contributed by atoms with Gasteiger partial charge in [0.15, 0.2) is 0 Å². The van der Waals surface area contributed by atoms with Crippen molar-refractivity contribution in [3.05, 3.63) is 51.5 Å². The summed E-state index contributed by atoms with van der Waals surface area (Å²) in [6.07, 6.45) is 5.21. The van der Waals surface area contributed by atoms with Crippen molar-refractivity contribution in [3.8, 4) is 0 Å². The van der Waals surface area contributed by atoms with Gasteiger partial charge in [0.05, 0.1) is 11.2 Å². The first kappa shape index (κ1) is 12.8. The highest BCUT2D eigenvalue weighted by atomic mass is 32.1. The molecular weight excluding hydrogens is 252 g/mol. The molecule has 0 amide bonds. The number of aryl methyl sites for hydroxylation is 2. The molecule has 0 saturated heterocycles. The lowest BCUT2D eigenvalue weighted by Crippen LogP contribution is -2.18. The second kappa shape index (κ2) is 5.85. The Bertz CT molecular complexity index is 534. The van der Waals surface area contributed by atoms with Gasteiger partial charge in [0.25, 0.3) is 0 Å². The van der Waals surface area contributed by atoms with Crippen LogP contribution in [0, 0.1) is 0 Å². The van der Waals surface area contributed by atoms with E-state index in [1.165, 1.54) is 31.2 Å². The SMILES string of the molecule is CC(NCc1cscn1)c1ccc2c(c1)CCCC2. The Hall–Kier alpha value is -1.19. The summed E-state index contributed by atoms with van der Waals surface area (Å²) in [5.41, 5.74) is 7.54. The first-order valence-electron chi connectivity index (χ1n) is 7.05. The molecule has 2 nitrogen and oxygen atoms in total. The Morgan fingerprint density at radius 3 is 2.89 bits per heavy atom. The maximum absolute atomic E-state index is 4.31. The molecule has 0 saturated carbocycles. The first-order valence-corrected chi connectivity index (χ1v) is 7.99. The second-order valence-electron chi connectivity index (χ2n) is 5.32. The van der Waals surface area contributed by atoms with Gasteiger partial charge in [-0.05, 0) is 49.3 Å². The smallest absolute Gasteiger partial charge is 0.0795 e. The van der Waals surface area contributed by atoms with Gasteiger partial charge in [-0.25, -0.2) is 4.98 Å². The molecule has 0 spiro atoms. The third-order valence-electron chi connectivity index (χ3n) is 3.95. The highest BCUT2D eigenvalue weighted by Crippen LogP contribution is 2.24. The lowest BCUT2D eigenvalue weighted by atomic mass is 9.89. The Morgan fingerprint density at radius 1 is 1.26 bits per heavy atom. The van der Waals surface area contributed by atoms with Gasteiger partial charge in [0.2, 0.25) is 0 Å². The Labute approximate surface area is 118 Å². The lowest BCUT2D eigenvalue weighted by molar-refractivity contribution is 0.567. The normalized spacial score (nSPS) is 16.1. The number of nitrogens with zero attached hydrogens (tertiary/aromatic N) is 1. The van der Waals surface area contributed by atoms with Crippen LogP contribution in [0.3, 0.4) is 0 Å². The Kier molecular flexibility index (Phi) is 3.95. The van der Waals surface area contributed by atoms with E-state index in [1.54, 1.807) is 22.5 Å². The Morgan fingerprint density at radius 2 is 2.11 bits per heavy atom. The third kappa shape index (κ3) is 3.04. The second-order valence-corrected chi connectivity index (χ2v) is 6.04. The molecule has 1 heterocycles. The minimum Gasteiger partial charge on any atom is -0.305 e. The average Bonchev–Trinajstić information content (AvgIpc) is 2.97. The molecule has 1 unspecified atom stereocenters. The van der Waals surface area contributed by atoms with Gasteiger partial charge >= 0.3 is 0 Å². The average molecular weight is 272 g/mol. The number of benzene rings is 1. The molecule has 1 aliphatic carbocycles. The van der Waals surface area contributed by atoms with Crippen LogP contribution in [0.25, 0.3) is 0 Å². The molecule has 3 heteroatoms. The summed E-state index contributed by atoms with van der Waals surface area (Å²) in [5.74, 6) is 0. The molecule has 19 heavy (non-hydrogen) atoms. The number of nitrogens with one attached hydrogen (secondary N) is 1. The fourth-order valence-electron chi connectivity index (χ4n) is 2.72. The molecule has 0 radical (unpaired) electrons. The van der Waals surface area contributed by atoms with Crippen LogP contribution in [0.15, 0.2) is 29.1 Å². The van der Waals surface area contributed by atoms with Crippen molar-refractivity contribution in [1.29, 1.82) is 0 Å². The zero-order valence-electron chi connectivity index (χ0n) is 11.4. The van der Waals surface area contributed by atoms with Gasteiger partial charge in [-0.1, -0.05) is 18.2 Å². The molecule has 1 aliphatic rings. The van der Waals surface area contributed by atoms with Crippen LogP contribution in [0.1, 0.15) is 48.2 Å². The molecule has 3 rings (SSSR count). The van der Waals surface area contributed by atoms with Crippen molar-refractivity contribution in [2.45, 2.75) is 45.2 Å². The van der Waals surface area contributed by atoms with E-state index in [0.717, 1.165) is 12.2 Å². The minimum absolute atomic E-state index is 0.383. The summed E-state index contributed by atoms with van der Waals surface area (Å²) in [4.78, 5) is 4.31. The van der Waals surface area contributed by atoms with E-state index in [0.29, 0.717) is 6.04 Å². The molecule has 1 atom stereocenters. The van der Waals surface area contributed by atoms with Gasteiger partial charge in [-0.15, -0.1) is 11.3 Å². The van der Waals surface area contributed by atoms with Crippen LogP contribution in [0.4, 0.5) is 0 Å². The summed E-state index contributed by atoms with van der Waals surface area (Å²) in [6, 6.07) is 7.38. The Balaban J connectivity index is 1.67. The summed E-state index contributed by atoms with van der Waals surface area (Å²) >= 11 is 1.65. The maximum Gasteiger partial charge on any atom is 0.0795 e. The van der Waals surface area contributed by atoms with Crippen LogP contribution in [-0.4, -0.2) is 4.98 Å². The fourth-order valence-corrected chi connectivity index (χ4v) is 3.28. The third-order valence-corrected chi connectivity index (χ3v) is 4.58. The molecule has 1 aromatic heterocycles. The van der Waals surface area contributed by atoms with Gasteiger partial charge in [0.1, 0.15) is 0 Å². The number of thiazole rings is 1. The van der Waals surface area contributed by atoms with Crippen LogP contribution in [0.2, 0.25) is 0 Å². The molecule has 1 N–H and O–H groups in total. The maximum atomic E-state index is 4.31. The van der Waals surface area contributed by atoms with E-state index in [1.807, 2.05) is 5.51 Å². The standard InChI is InChI=1S/C16H20N2S/c1-12(17-9-16-10-19-11-18-16)14-7-6-13-4-2-3-5-15(13)8-14/h6-8,10-12,17H,2-5,9H2,1H3. The fraction of sp³-hybridized carbons (Fsp3) is 0.438. The van der Waals surface area contributed by atoms with E-state index >= 15 is 0 Å². The van der Waals surface area contributed by atoms with E-state index in [-0.39, 0.29) is 0 Å². The summed E-state index contributed by atoms with van der Waals surface area (Å²) in [6.45, 7) is 3.08. The monoisotopic (exact) mass is 272 g/mol. The summed E-state index contributed by atoms with van der Waals surface area (Å²) < 4.78 is 0. The van der Waals surface area contributed by atoms with E-state index in [2.05, 4.69) is 40.8 Å². The van der Waals surface area contributed by atoms with E-state index < -0.39 is 0 Å². The minimum atomic E-state index is 0.383. The van der Waals surface area contributed by atoms with Gasteiger partial charge in [-0.2, -0.15) is 0 Å². The highest BCUT2D eigenvalue weighted by Gasteiger charge is 2.12. The van der Waals surface area contributed by atoms with Crippen LogP contribution in [-0.2, 0) is 19.4 Å². The van der Waals surface area contributed by atoms with Crippen molar-refractivity contribution < 1.29 is 0 Å². The van der Waals surface area contributed by atoms with Crippen molar-refractivity contribution in [2.24, 2.45) is 0 Å². The molecule has 1 aromatic carbocycles. The molecule has 0 fully saturated rings. The van der Waals surface area contributed by atoms with Crippen molar-refractivity contribution in [1.82, 2.24) is 10.3 Å². The summed E-state index contributed by atoms with van der Waals surface area (Å²) in [5, 5.41) is 5.66. The number of rotatable bonds is 4. The van der Waals surface area contributed by atoms with Gasteiger partial charge in [0, 0.05) is 18.0 Å². The quantitative estimate of drug-likeness (QED) is 0.914. The van der Waals surface area contributed by atoms with Crippen molar-refractivity contribution >= 4 is 11.3 Å². The molecule has 0 bridgehead atoms. The predicted molar refractivity (Wildman–Crippen MR) is 80.5 cm³/mol. The largest absolute Gasteiger partial charge is 0.305 e. The predicted octanol–water partition coefficient (Wildman–Crippen LogP) is 3.87. The van der Waals surface area contributed by atoms with Crippen LogP contribution >= 0.6 is 11.3 Å². The highest BCUT2D eigenvalue weighted by molar-refractivity contribution is 7.07. The van der Waals surface area contributed by atoms with Crippen LogP contribution < -0.4 is 5.32 Å². The van der Waals surface area contributed by atoms with Gasteiger partial charge in [-0.3, -0.25) is 0 Å². The van der Waals surface area contributed by atoms with Crippen molar-refractivity contribution in [3.63, 3.8) is 0 Å². The van der Waals surface area contributed by atoms with E-state index in [4.69, 9.17) is 0 Å². The number of hydrogen-bond acceptors (Lipinski definition) is 3. The zero-order valence-corrected chi connectivity index (χ0v) is 12.2. The van der Waals surface area contributed by atoms with E-state index in [9.17, 15) is 0 Å². The summed E-state index contributed by atoms with van der Waals surface area (Å²) in [7, 11) is 0. The number of aromatic nitrogens is 1. The first-order chi connectivity index (χ1) is 9.33. The topological polar surface area (TPSA) is 24.9 Å². The molecular formula is C16H20N2S. The van der Waals surface area contributed by atoms with Crippen LogP contribution in [0.5, 0.6) is 0 Å². The van der Waals surface area contributed by atoms with Crippen molar-refractivity contribution in [2.75, 3.05) is 0 Å². The number of hydrogen-bond donors (Lipinski definition) is 1. The lowest BCUT2D eigenvalue weighted by Gasteiger charge is -2.19. The molecule has 100 valence electrons. The molecule has 0 aliphatic heterocycles.